The van der Waals surface area contributed by atoms with Gasteiger partial charge in [-0.25, -0.2) is 0 Å². The monoisotopic (exact) mass is 247 g/mol. The first kappa shape index (κ1) is 13.0. The molecule has 3 nitrogen and oxygen atoms in total. The molecule has 98 valence electrons. The fourth-order valence-electron chi connectivity index (χ4n) is 2.45. The fraction of sp³-hybridized carbons (Fsp3) is 0.467. The van der Waals surface area contributed by atoms with Crippen LogP contribution in [0.2, 0.25) is 0 Å². The number of ether oxygens (including phenoxy) is 1. The first-order valence-electron chi connectivity index (χ1n) is 6.34. The summed E-state index contributed by atoms with van der Waals surface area (Å²) in [5.41, 5.74) is 1.61. The van der Waals surface area contributed by atoms with Gasteiger partial charge in [-0.15, -0.1) is 0 Å². The summed E-state index contributed by atoms with van der Waals surface area (Å²) >= 11 is 0. The van der Waals surface area contributed by atoms with E-state index in [0.717, 1.165) is 28.9 Å². The zero-order chi connectivity index (χ0) is 13.3. The van der Waals surface area contributed by atoms with Crippen molar-refractivity contribution in [2.24, 2.45) is 0 Å². The molecule has 0 radical (unpaired) electrons. The number of aryl methyl sites for hydroxylation is 1. The van der Waals surface area contributed by atoms with Crippen LogP contribution in [-0.4, -0.2) is 22.4 Å². The van der Waals surface area contributed by atoms with Crippen molar-refractivity contribution in [3.63, 3.8) is 0 Å². The van der Waals surface area contributed by atoms with Gasteiger partial charge in [0.05, 0.1) is 18.2 Å². The maximum Gasteiger partial charge on any atom is 0.128 e. The summed E-state index contributed by atoms with van der Waals surface area (Å²) in [4.78, 5) is 0. The van der Waals surface area contributed by atoms with Crippen LogP contribution in [-0.2, 0) is 13.0 Å². The van der Waals surface area contributed by atoms with E-state index in [-0.39, 0.29) is 0 Å². The highest BCUT2D eigenvalue weighted by atomic mass is 16.5. The molecular formula is C15H21NO2. The van der Waals surface area contributed by atoms with Crippen LogP contribution in [0.1, 0.15) is 26.5 Å². The first-order chi connectivity index (χ1) is 8.46. The molecule has 0 bridgehead atoms. The highest BCUT2D eigenvalue weighted by molar-refractivity contribution is 5.87. The van der Waals surface area contributed by atoms with Crippen LogP contribution in [0.3, 0.4) is 0 Å². The van der Waals surface area contributed by atoms with E-state index in [1.54, 1.807) is 7.11 Å². The summed E-state index contributed by atoms with van der Waals surface area (Å²) in [6.07, 6.45) is 0.638. The molecule has 18 heavy (non-hydrogen) atoms. The smallest absolute Gasteiger partial charge is 0.128 e. The second-order valence-corrected chi connectivity index (χ2v) is 5.26. The van der Waals surface area contributed by atoms with Crippen molar-refractivity contribution < 1.29 is 9.84 Å². The number of rotatable bonds is 4. The Morgan fingerprint density at radius 3 is 2.61 bits per heavy atom. The average Bonchev–Trinajstić information content (AvgIpc) is 2.63. The van der Waals surface area contributed by atoms with Gasteiger partial charge in [-0.3, -0.25) is 0 Å². The van der Waals surface area contributed by atoms with Crippen LogP contribution in [0.5, 0.6) is 5.75 Å². The molecule has 1 N–H and O–H groups in total. The van der Waals surface area contributed by atoms with E-state index in [1.165, 1.54) is 0 Å². The summed E-state index contributed by atoms with van der Waals surface area (Å²) < 4.78 is 7.63. The lowest BCUT2D eigenvalue weighted by molar-refractivity contribution is 0.0791. The van der Waals surface area contributed by atoms with Crippen LogP contribution < -0.4 is 4.74 Å². The van der Waals surface area contributed by atoms with Gasteiger partial charge in [0.1, 0.15) is 5.75 Å². The zero-order valence-corrected chi connectivity index (χ0v) is 11.5. The van der Waals surface area contributed by atoms with Gasteiger partial charge in [0, 0.05) is 24.0 Å². The number of fused-ring (bicyclic) bond motifs is 1. The first-order valence-corrected chi connectivity index (χ1v) is 6.34. The third kappa shape index (κ3) is 2.36. The number of nitrogens with zero attached hydrogens (tertiary/aromatic N) is 1. The fourth-order valence-corrected chi connectivity index (χ4v) is 2.45. The predicted molar refractivity (Wildman–Crippen MR) is 74.2 cm³/mol. The summed E-state index contributed by atoms with van der Waals surface area (Å²) in [6, 6.07) is 8.18. The Balaban J connectivity index is 2.60. The van der Waals surface area contributed by atoms with Crippen LogP contribution in [0.4, 0.5) is 0 Å². The van der Waals surface area contributed by atoms with Crippen molar-refractivity contribution in [2.75, 3.05) is 7.11 Å². The summed E-state index contributed by atoms with van der Waals surface area (Å²) in [5.74, 6) is 0.886. The third-order valence-corrected chi connectivity index (χ3v) is 3.14. The van der Waals surface area contributed by atoms with Gasteiger partial charge in [-0.2, -0.15) is 0 Å². The number of aromatic nitrogens is 1. The Labute approximate surface area is 108 Å². The number of hydrogen-bond acceptors (Lipinski definition) is 2. The largest absolute Gasteiger partial charge is 0.496 e. The highest BCUT2D eigenvalue weighted by Gasteiger charge is 2.18. The standard InChI is InChI=1S/C15H21NO2/c1-5-16-11(10-15(2,3)17)9-12-13(16)7-6-8-14(12)18-4/h6-9,17H,5,10H2,1-4H3. The predicted octanol–water partition coefficient (Wildman–Crippen LogP) is 2.98. The third-order valence-electron chi connectivity index (χ3n) is 3.14. The van der Waals surface area contributed by atoms with E-state index in [1.807, 2.05) is 26.0 Å². The minimum absolute atomic E-state index is 0.638. The van der Waals surface area contributed by atoms with Crippen LogP contribution in [0, 0.1) is 0 Å². The van der Waals surface area contributed by atoms with Crippen molar-refractivity contribution in [2.45, 2.75) is 39.3 Å². The minimum Gasteiger partial charge on any atom is -0.496 e. The number of methoxy groups -OCH3 is 1. The second kappa shape index (κ2) is 4.65. The van der Waals surface area contributed by atoms with Crippen LogP contribution in [0.15, 0.2) is 24.3 Å². The summed E-state index contributed by atoms with van der Waals surface area (Å²) in [5, 5.41) is 11.1. The molecule has 0 amide bonds. The number of aliphatic hydroxyl groups is 1. The maximum atomic E-state index is 10.00. The van der Waals surface area contributed by atoms with E-state index in [9.17, 15) is 5.11 Å². The van der Waals surface area contributed by atoms with Crippen molar-refractivity contribution in [3.05, 3.63) is 30.0 Å². The molecule has 1 aromatic carbocycles. The molecule has 0 aliphatic carbocycles. The van der Waals surface area contributed by atoms with Gasteiger partial charge in [0.15, 0.2) is 0 Å². The van der Waals surface area contributed by atoms with Gasteiger partial charge in [-0.1, -0.05) is 6.07 Å². The molecule has 0 spiro atoms. The van der Waals surface area contributed by atoms with Gasteiger partial charge in [0.2, 0.25) is 0 Å². The van der Waals surface area contributed by atoms with E-state index >= 15 is 0 Å². The lowest BCUT2D eigenvalue weighted by Gasteiger charge is -2.18. The molecule has 0 atom stereocenters. The lowest BCUT2D eigenvalue weighted by Crippen LogP contribution is -2.23. The number of hydrogen-bond donors (Lipinski definition) is 1. The summed E-state index contributed by atoms with van der Waals surface area (Å²) in [7, 11) is 1.69. The highest BCUT2D eigenvalue weighted by Crippen LogP contribution is 2.30. The van der Waals surface area contributed by atoms with Crippen molar-refractivity contribution in [3.8, 4) is 5.75 Å². The van der Waals surface area contributed by atoms with Crippen molar-refractivity contribution in [1.29, 1.82) is 0 Å². The summed E-state index contributed by atoms with van der Waals surface area (Å²) in [6.45, 7) is 6.68. The van der Waals surface area contributed by atoms with Crippen molar-refractivity contribution in [1.82, 2.24) is 4.57 Å². The molecular weight excluding hydrogens is 226 g/mol. The normalized spacial score (nSPS) is 12.1. The van der Waals surface area contributed by atoms with E-state index in [4.69, 9.17) is 4.74 Å². The second-order valence-electron chi connectivity index (χ2n) is 5.26. The van der Waals surface area contributed by atoms with E-state index < -0.39 is 5.60 Å². The molecule has 0 unspecified atom stereocenters. The van der Waals surface area contributed by atoms with Gasteiger partial charge < -0.3 is 14.4 Å². The molecule has 2 aromatic rings. The topological polar surface area (TPSA) is 34.4 Å². The average molecular weight is 247 g/mol. The number of benzene rings is 1. The molecule has 0 saturated heterocycles. The quantitative estimate of drug-likeness (QED) is 0.901. The molecule has 1 aromatic heterocycles. The molecule has 1 heterocycles. The SMILES string of the molecule is CCn1c(CC(C)(C)O)cc2c(OC)cccc21. The van der Waals surface area contributed by atoms with Crippen LogP contribution >= 0.6 is 0 Å². The molecule has 2 rings (SSSR count). The van der Waals surface area contributed by atoms with Gasteiger partial charge in [0.25, 0.3) is 0 Å². The maximum absolute atomic E-state index is 10.00. The zero-order valence-electron chi connectivity index (χ0n) is 11.5. The molecule has 0 aliphatic rings. The molecule has 0 saturated carbocycles. The molecule has 0 fully saturated rings. The Hall–Kier alpha value is -1.48. The van der Waals surface area contributed by atoms with Crippen LogP contribution in [0.25, 0.3) is 10.9 Å². The van der Waals surface area contributed by atoms with Crippen molar-refractivity contribution >= 4 is 10.9 Å². The van der Waals surface area contributed by atoms with Gasteiger partial charge >= 0.3 is 0 Å². The Kier molecular flexibility index (Phi) is 3.35. The van der Waals surface area contributed by atoms with E-state index in [2.05, 4.69) is 23.6 Å². The molecule has 3 heteroatoms. The molecule has 0 aliphatic heterocycles. The Bertz CT molecular complexity index is 549. The minimum atomic E-state index is -0.700. The van der Waals surface area contributed by atoms with Gasteiger partial charge in [-0.05, 0) is 39.0 Å². The Morgan fingerprint density at radius 1 is 1.33 bits per heavy atom. The Morgan fingerprint density at radius 2 is 2.06 bits per heavy atom. The lowest BCUT2D eigenvalue weighted by atomic mass is 10.0. The van der Waals surface area contributed by atoms with E-state index in [0.29, 0.717) is 6.42 Å².